The van der Waals surface area contributed by atoms with E-state index in [4.69, 9.17) is 4.74 Å². The van der Waals surface area contributed by atoms with Gasteiger partial charge in [0, 0.05) is 41.0 Å². The van der Waals surface area contributed by atoms with Crippen LogP contribution in [0.3, 0.4) is 0 Å². The molecule has 0 saturated heterocycles. The smallest absolute Gasteiger partial charge is 0.269 e. The van der Waals surface area contributed by atoms with Crippen molar-refractivity contribution >= 4 is 22.9 Å². The van der Waals surface area contributed by atoms with E-state index >= 15 is 0 Å². The number of nitro benzene ring substituents is 2. The molecule has 0 aliphatic rings. The fourth-order valence-corrected chi connectivity index (χ4v) is 3.42. The summed E-state index contributed by atoms with van der Waals surface area (Å²) in [7, 11) is 0. The number of carbonyl (C=O) groups excluding carboxylic acids is 2. The van der Waals surface area contributed by atoms with Gasteiger partial charge in [-0.2, -0.15) is 0 Å². The van der Waals surface area contributed by atoms with Crippen molar-refractivity contribution in [3.05, 3.63) is 140 Å². The number of nitro groups is 2. The summed E-state index contributed by atoms with van der Waals surface area (Å²) in [5.74, 6) is -0.558. The lowest BCUT2D eigenvalue weighted by Crippen LogP contribution is -2.13. The van der Waals surface area contributed by atoms with Gasteiger partial charge in [0.2, 0.25) is 0 Å². The summed E-state index contributed by atoms with van der Waals surface area (Å²) >= 11 is 0. The highest BCUT2D eigenvalue weighted by molar-refractivity contribution is 6.21. The summed E-state index contributed by atoms with van der Waals surface area (Å²) in [5, 5.41) is 21.9. The normalized spacial score (nSPS) is 10.4. The quantitative estimate of drug-likeness (QED) is 0.183. The minimum atomic E-state index is -0.579. The molecule has 0 atom stereocenters. The number of ether oxygens (including phenoxy) is 1. The Balaban J connectivity index is 1.82. The third-order valence-corrected chi connectivity index (χ3v) is 5.15. The van der Waals surface area contributed by atoms with Gasteiger partial charge < -0.3 is 4.74 Å². The van der Waals surface area contributed by atoms with E-state index in [2.05, 4.69) is 0 Å². The number of hydrogen-bond donors (Lipinski definition) is 0. The van der Waals surface area contributed by atoms with Gasteiger partial charge in [0.1, 0.15) is 11.5 Å². The molecule has 9 nitrogen and oxygen atoms in total. The van der Waals surface area contributed by atoms with Crippen LogP contribution in [0.5, 0.6) is 11.5 Å². The lowest BCUT2D eigenvalue weighted by Gasteiger charge is -2.14. The molecule has 4 aromatic carbocycles. The van der Waals surface area contributed by atoms with Gasteiger partial charge in [0.05, 0.1) is 15.4 Å². The Morgan fingerprint density at radius 1 is 0.600 bits per heavy atom. The van der Waals surface area contributed by atoms with Crippen molar-refractivity contribution in [1.82, 2.24) is 0 Å². The van der Waals surface area contributed by atoms with Gasteiger partial charge >= 0.3 is 0 Å². The topological polar surface area (TPSA) is 130 Å². The predicted octanol–water partition coefficient (Wildman–Crippen LogP) is 5.76. The van der Waals surface area contributed by atoms with Crippen molar-refractivity contribution in [1.29, 1.82) is 0 Å². The Morgan fingerprint density at radius 2 is 1.11 bits per heavy atom. The largest absolute Gasteiger partial charge is 0.457 e. The van der Waals surface area contributed by atoms with E-state index < -0.39 is 21.4 Å². The number of para-hydroxylation sites is 1. The Hall–Kier alpha value is -5.18. The Labute approximate surface area is 198 Å². The first kappa shape index (κ1) is 23.0. The highest BCUT2D eigenvalue weighted by atomic mass is 16.6. The van der Waals surface area contributed by atoms with E-state index in [0.717, 1.165) is 0 Å². The van der Waals surface area contributed by atoms with Crippen molar-refractivity contribution in [2.75, 3.05) is 0 Å². The zero-order valence-corrected chi connectivity index (χ0v) is 18.0. The summed E-state index contributed by atoms with van der Waals surface area (Å²) in [5.41, 5.74) is -0.102. The maximum atomic E-state index is 13.5. The fraction of sp³-hybridized carbons (Fsp3) is 0. The zero-order valence-electron chi connectivity index (χ0n) is 18.0. The molecule has 0 bridgehead atoms. The molecule has 0 unspecified atom stereocenters. The Bertz CT molecular complexity index is 1430. The standard InChI is InChI=1S/C26H16N2O7/c29-25(17-9-13-19(14-10-17)27(31)32)22-7-4-8-23(35-21-5-2-1-3-6-21)24(22)26(30)18-11-15-20(16-12-18)28(33)34/h1-16H. The highest BCUT2D eigenvalue weighted by Gasteiger charge is 2.25. The molecule has 0 saturated carbocycles. The average molecular weight is 468 g/mol. The van der Waals surface area contributed by atoms with Crippen LogP contribution >= 0.6 is 0 Å². The van der Waals surface area contributed by atoms with Crippen LogP contribution in [0.25, 0.3) is 0 Å². The number of ketones is 2. The molecule has 0 aliphatic carbocycles. The van der Waals surface area contributed by atoms with E-state index in [-0.39, 0.29) is 39.4 Å². The molecule has 0 fully saturated rings. The number of hydrogen-bond acceptors (Lipinski definition) is 7. The third kappa shape index (κ3) is 4.93. The van der Waals surface area contributed by atoms with Gasteiger partial charge in [0.15, 0.2) is 11.6 Å². The van der Waals surface area contributed by atoms with E-state index in [9.17, 15) is 29.8 Å². The number of rotatable bonds is 8. The summed E-state index contributed by atoms with van der Waals surface area (Å²) in [6, 6.07) is 23.3. The van der Waals surface area contributed by atoms with Crippen LogP contribution in [-0.2, 0) is 0 Å². The first-order valence-electron chi connectivity index (χ1n) is 10.3. The lowest BCUT2D eigenvalue weighted by molar-refractivity contribution is -0.385. The molecular formula is C26H16N2O7. The van der Waals surface area contributed by atoms with Gasteiger partial charge in [0.25, 0.3) is 11.4 Å². The second-order valence-corrected chi connectivity index (χ2v) is 7.36. The predicted molar refractivity (Wildman–Crippen MR) is 126 cm³/mol. The highest BCUT2D eigenvalue weighted by Crippen LogP contribution is 2.32. The van der Waals surface area contributed by atoms with Crippen molar-refractivity contribution in [3.8, 4) is 11.5 Å². The maximum absolute atomic E-state index is 13.5. The monoisotopic (exact) mass is 468 g/mol. The van der Waals surface area contributed by atoms with Crippen molar-refractivity contribution < 1.29 is 24.2 Å². The van der Waals surface area contributed by atoms with E-state index in [1.165, 1.54) is 60.7 Å². The molecule has 0 aliphatic heterocycles. The molecule has 0 amide bonds. The first-order chi connectivity index (χ1) is 16.8. The van der Waals surface area contributed by atoms with Gasteiger partial charge in [-0.1, -0.05) is 30.3 Å². The fourth-order valence-electron chi connectivity index (χ4n) is 3.42. The van der Waals surface area contributed by atoms with Gasteiger partial charge in [-0.05, 0) is 42.5 Å². The van der Waals surface area contributed by atoms with Gasteiger partial charge in [-0.3, -0.25) is 29.8 Å². The average Bonchev–Trinajstić information content (AvgIpc) is 2.88. The second kappa shape index (κ2) is 9.75. The zero-order chi connectivity index (χ0) is 24.9. The van der Waals surface area contributed by atoms with Crippen molar-refractivity contribution in [3.63, 3.8) is 0 Å². The van der Waals surface area contributed by atoms with Crippen LogP contribution in [-0.4, -0.2) is 21.4 Å². The summed E-state index contributed by atoms with van der Waals surface area (Å²) in [6.45, 7) is 0. The molecule has 0 N–H and O–H groups in total. The number of nitrogens with zero attached hydrogens (tertiary/aromatic N) is 2. The third-order valence-electron chi connectivity index (χ3n) is 5.15. The minimum absolute atomic E-state index is 0.0237. The molecule has 0 heterocycles. The summed E-state index contributed by atoms with van der Waals surface area (Å²) in [6.07, 6.45) is 0. The van der Waals surface area contributed by atoms with Crippen LogP contribution in [0, 0.1) is 20.2 Å². The molecule has 0 radical (unpaired) electrons. The summed E-state index contributed by atoms with van der Waals surface area (Å²) < 4.78 is 5.92. The van der Waals surface area contributed by atoms with Crippen molar-refractivity contribution in [2.24, 2.45) is 0 Å². The summed E-state index contributed by atoms with van der Waals surface area (Å²) in [4.78, 5) is 47.7. The van der Waals surface area contributed by atoms with Crippen LogP contribution in [0.4, 0.5) is 11.4 Å². The van der Waals surface area contributed by atoms with Crippen molar-refractivity contribution in [2.45, 2.75) is 0 Å². The first-order valence-corrected chi connectivity index (χ1v) is 10.3. The SMILES string of the molecule is O=C(c1ccc([N+](=O)[O-])cc1)c1cccc(Oc2ccccc2)c1C(=O)c1ccc([N+](=O)[O-])cc1. The molecule has 35 heavy (non-hydrogen) atoms. The van der Waals surface area contributed by atoms with E-state index in [1.807, 2.05) is 0 Å². The van der Waals surface area contributed by atoms with Crippen LogP contribution in [0.15, 0.2) is 97.1 Å². The Morgan fingerprint density at radius 3 is 1.63 bits per heavy atom. The Kier molecular flexibility index (Phi) is 6.41. The molecule has 4 aromatic rings. The van der Waals surface area contributed by atoms with Crippen LogP contribution in [0.2, 0.25) is 0 Å². The van der Waals surface area contributed by atoms with E-state index in [1.54, 1.807) is 36.4 Å². The number of non-ortho nitro benzene ring substituents is 2. The number of carbonyl (C=O) groups is 2. The maximum Gasteiger partial charge on any atom is 0.269 e. The van der Waals surface area contributed by atoms with Gasteiger partial charge in [-0.25, -0.2) is 0 Å². The van der Waals surface area contributed by atoms with Gasteiger partial charge in [-0.15, -0.1) is 0 Å². The number of benzene rings is 4. The van der Waals surface area contributed by atoms with Crippen LogP contribution in [0.1, 0.15) is 31.8 Å². The minimum Gasteiger partial charge on any atom is -0.457 e. The van der Waals surface area contributed by atoms with E-state index in [0.29, 0.717) is 5.75 Å². The molecule has 0 spiro atoms. The van der Waals surface area contributed by atoms with Crippen LogP contribution < -0.4 is 4.74 Å². The second-order valence-electron chi connectivity index (χ2n) is 7.36. The lowest BCUT2D eigenvalue weighted by atomic mass is 9.92. The molecule has 172 valence electrons. The molecule has 0 aromatic heterocycles. The molecule has 9 heteroatoms. The molecular weight excluding hydrogens is 452 g/mol. The molecule has 4 rings (SSSR count).